The zero-order chi connectivity index (χ0) is 22.0. The van der Waals surface area contributed by atoms with E-state index in [4.69, 9.17) is 4.99 Å². The van der Waals surface area contributed by atoms with E-state index in [9.17, 15) is 4.79 Å². The second-order valence-electron chi connectivity index (χ2n) is 8.46. The van der Waals surface area contributed by atoms with E-state index in [0.717, 1.165) is 21.3 Å². The molecule has 4 nitrogen and oxygen atoms in total. The quantitative estimate of drug-likeness (QED) is 0.445. The van der Waals surface area contributed by atoms with Gasteiger partial charge < -0.3 is 0 Å². The summed E-state index contributed by atoms with van der Waals surface area (Å²) in [6, 6.07) is 25.7. The summed E-state index contributed by atoms with van der Waals surface area (Å²) in [5, 5.41) is 1.52. The summed E-state index contributed by atoms with van der Waals surface area (Å²) in [7, 11) is 0. The summed E-state index contributed by atoms with van der Waals surface area (Å²) in [5.41, 5.74) is 7.50. The van der Waals surface area contributed by atoms with Gasteiger partial charge in [0.2, 0.25) is 0 Å². The minimum absolute atomic E-state index is 0.0560. The van der Waals surface area contributed by atoms with E-state index in [0.29, 0.717) is 11.5 Å². The Morgan fingerprint density at radius 3 is 2.16 bits per heavy atom. The van der Waals surface area contributed by atoms with Crippen LogP contribution < -0.4 is 5.43 Å². The van der Waals surface area contributed by atoms with Gasteiger partial charge in [0.15, 0.2) is 5.84 Å². The number of hydrogen-bond acceptors (Lipinski definition) is 3. The zero-order valence-electron chi connectivity index (χ0n) is 17.8. The molecule has 3 aromatic rings. The molecule has 3 aromatic carbocycles. The van der Waals surface area contributed by atoms with Gasteiger partial charge in [-0.25, -0.2) is 4.99 Å². The maximum Gasteiger partial charge on any atom is 0.297 e. The van der Waals surface area contributed by atoms with E-state index in [1.54, 1.807) is 0 Å². The third-order valence-corrected chi connectivity index (χ3v) is 5.59. The third kappa shape index (κ3) is 4.78. The smallest absolute Gasteiger partial charge is 0.290 e. The first-order valence-corrected chi connectivity index (χ1v) is 10.9. The lowest BCUT2D eigenvalue weighted by molar-refractivity contribution is -0.121. The van der Waals surface area contributed by atoms with Crippen LogP contribution in [0.5, 0.6) is 0 Å². The number of nitrogens with zero attached hydrogens (tertiary/aromatic N) is 2. The summed E-state index contributed by atoms with van der Waals surface area (Å²) >= 11 is 3.44. The van der Waals surface area contributed by atoms with Crippen molar-refractivity contribution in [3.05, 3.63) is 106 Å². The second kappa shape index (κ2) is 8.52. The molecule has 5 heteroatoms. The van der Waals surface area contributed by atoms with E-state index in [1.807, 2.05) is 72.8 Å². The van der Waals surface area contributed by atoms with Crippen LogP contribution in [-0.4, -0.2) is 16.8 Å². The van der Waals surface area contributed by atoms with Crippen LogP contribution in [0.2, 0.25) is 0 Å². The van der Waals surface area contributed by atoms with Crippen molar-refractivity contribution in [2.45, 2.75) is 26.2 Å². The lowest BCUT2D eigenvalue weighted by atomic mass is 9.86. The van der Waals surface area contributed by atoms with Crippen LogP contribution in [0, 0.1) is 0 Å². The predicted molar refractivity (Wildman–Crippen MR) is 131 cm³/mol. The van der Waals surface area contributed by atoms with Gasteiger partial charge in [-0.3, -0.25) is 10.2 Å². The summed E-state index contributed by atoms with van der Waals surface area (Å²) < 4.78 is 0.989. The van der Waals surface area contributed by atoms with Crippen LogP contribution in [0.4, 0.5) is 5.69 Å². The highest BCUT2D eigenvalue weighted by Crippen LogP contribution is 2.26. The summed E-state index contributed by atoms with van der Waals surface area (Å²) in [5.74, 6) is 0.388. The first-order valence-electron chi connectivity index (χ1n) is 10.1. The maximum atomic E-state index is 13.3. The highest BCUT2D eigenvalue weighted by molar-refractivity contribution is 9.10. The van der Waals surface area contributed by atoms with E-state index < -0.39 is 0 Å². The van der Waals surface area contributed by atoms with Crippen LogP contribution in [0.3, 0.4) is 0 Å². The van der Waals surface area contributed by atoms with Crippen LogP contribution in [0.15, 0.2) is 94.0 Å². The monoisotopic (exact) mass is 473 g/mol. The lowest BCUT2D eigenvalue weighted by Crippen LogP contribution is -2.37. The molecule has 0 spiro atoms. The molecular weight excluding hydrogens is 450 g/mol. The molecule has 0 fully saturated rings. The highest BCUT2D eigenvalue weighted by Gasteiger charge is 2.32. The molecule has 0 aliphatic carbocycles. The minimum atomic E-state index is -0.193. The fraction of sp³-hybridized carbons (Fsp3) is 0.154. The number of hydrogen-bond donors (Lipinski definition) is 1. The largest absolute Gasteiger partial charge is 0.297 e. The molecule has 0 aromatic heterocycles. The standard InChI is InChI=1S/C26H24BrN3O/c1-26(2,3)20-13-11-19(12-14-20)24-28-23(17-18-9-15-21(27)16-10-18)25(31)30(24)29-22-7-5-4-6-8-22/h4-17,29H,1-3H3/b23-17+. The number of anilines is 1. The van der Waals surface area contributed by atoms with Crippen molar-refractivity contribution in [3.63, 3.8) is 0 Å². The number of carbonyl (C=O) groups is 1. The van der Waals surface area contributed by atoms with Gasteiger partial charge in [-0.2, -0.15) is 5.01 Å². The van der Waals surface area contributed by atoms with Gasteiger partial charge in [-0.05, 0) is 46.9 Å². The number of amides is 1. The molecule has 156 valence electrons. The zero-order valence-corrected chi connectivity index (χ0v) is 19.3. The van der Waals surface area contributed by atoms with E-state index in [2.05, 4.69) is 54.3 Å². The normalized spacial score (nSPS) is 15.4. The molecule has 1 heterocycles. The molecule has 0 atom stereocenters. The number of benzene rings is 3. The Bertz CT molecular complexity index is 1140. The van der Waals surface area contributed by atoms with Crippen molar-refractivity contribution in [2.24, 2.45) is 4.99 Å². The number of para-hydroxylation sites is 1. The molecule has 1 N–H and O–H groups in total. The number of hydrazine groups is 1. The van der Waals surface area contributed by atoms with Crippen LogP contribution >= 0.6 is 15.9 Å². The van der Waals surface area contributed by atoms with Crippen molar-refractivity contribution in [3.8, 4) is 0 Å². The van der Waals surface area contributed by atoms with Crippen molar-refractivity contribution in [1.82, 2.24) is 5.01 Å². The fourth-order valence-electron chi connectivity index (χ4n) is 3.29. The van der Waals surface area contributed by atoms with Crippen LogP contribution in [-0.2, 0) is 10.2 Å². The molecule has 4 rings (SSSR count). The van der Waals surface area contributed by atoms with Crippen LogP contribution in [0.1, 0.15) is 37.5 Å². The number of aliphatic imine (C=N–C) groups is 1. The van der Waals surface area contributed by atoms with E-state index >= 15 is 0 Å². The molecule has 1 aliphatic rings. The molecular formula is C26H24BrN3O. The lowest BCUT2D eigenvalue weighted by Gasteiger charge is -2.22. The number of rotatable bonds is 4. The van der Waals surface area contributed by atoms with Gasteiger partial charge in [0.25, 0.3) is 5.91 Å². The van der Waals surface area contributed by atoms with Crippen molar-refractivity contribution in [2.75, 3.05) is 5.43 Å². The summed E-state index contributed by atoms with van der Waals surface area (Å²) in [6.45, 7) is 6.54. The van der Waals surface area contributed by atoms with Crippen molar-refractivity contribution < 1.29 is 4.79 Å². The average molecular weight is 474 g/mol. The molecule has 0 radical (unpaired) electrons. The number of amidine groups is 1. The molecule has 1 aliphatic heterocycles. The van der Waals surface area contributed by atoms with Crippen molar-refractivity contribution >= 4 is 39.4 Å². The Labute approximate surface area is 191 Å². The van der Waals surface area contributed by atoms with Crippen molar-refractivity contribution in [1.29, 1.82) is 0 Å². The minimum Gasteiger partial charge on any atom is -0.290 e. The topological polar surface area (TPSA) is 44.7 Å². The fourth-order valence-corrected chi connectivity index (χ4v) is 3.56. The number of halogens is 1. The Kier molecular flexibility index (Phi) is 5.79. The highest BCUT2D eigenvalue weighted by atomic mass is 79.9. The number of nitrogens with one attached hydrogen (secondary N) is 1. The van der Waals surface area contributed by atoms with E-state index in [1.165, 1.54) is 10.6 Å². The van der Waals surface area contributed by atoms with E-state index in [-0.39, 0.29) is 11.3 Å². The van der Waals surface area contributed by atoms with Gasteiger partial charge in [-0.15, -0.1) is 0 Å². The molecule has 0 saturated heterocycles. The predicted octanol–water partition coefficient (Wildman–Crippen LogP) is 6.40. The van der Waals surface area contributed by atoms with Crippen LogP contribution in [0.25, 0.3) is 6.08 Å². The molecule has 0 bridgehead atoms. The maximum absolute atomic E-state index is 13.3. The van der Waals surface area contributed by atoms with Gasteiger partial charge >= 0.3 is 0 Å². The Morgan fingerprint density at radius 1 is 0.903 bits per heavy atom. The molecule has 0 saturated carbocycles. The summed E-state index contributed by atoms with van der Waals surface area (Å²) in [6.07, 6.45) is 1.81. The van der Waals surface area contributed by atoms with Gasteiger partial charge in [0.05, 0.1) is 5.69 Å². The molecule has 31 heavy (non-hydrogen) atoms. The SMILES string of the molecule is CC(C)(C)c1ccc(C2=N/C(=C/c3ccc(Br)cc3)C(=O)N2Nc2ccccc2)cc1. The first kappa shape index (κ1) is 21.1. The summed E-state index contributed by atoms with van der Waals surface area (Å²) in [4.78, 5) is 18.0. The van der Waals surface area contributed by atoms with Gasteiger partial charge in [0, 0.05) is 10.0 Å². The Morgan fingerprint density at radius 2 is 1.55 bits per heavy atom. The Balaban J connectivity index is 1.73. The Hall–Kier alpha value is -3.18. The molecule has 0 unspecified atom stereocenters. The third-order valence-electron chi connectivity index (χ3n) is 5.06. The van der Waals surface area contributed by atoms with Gasteiger partial charge in [-0.1, -0.05) is 91.3 Å². The average Bonchev–Trinajstić information content (AvgIpc) is 3.05. The second-order valence-corrected chi connectivity index (χ2v) is 9.38. The number of carbonyl (C=O) groups excluding carboxylic acids is 1. The van der Waals surface area contributed by atoms with Gasteiger partial charge in [0.1, 0.15) is 5.70 Å². The first-order chi connectivity index (χ1) is 14.8. The molecule has 1 amide bonds.